The Kier molecular flexibility index (Phi) is 6.00. The van der Waals surface area contributed by atoms with Crippen LogP contribution in [0.4, 0.5) is 0 Å². The number of likely N-dealkylation sites (tertiary alicyclic amines) is 1. The number of amides is 2. The second kappa shape index (κ2) is 8.84. The molecule has 0 bridgehead atoms. The number of carbonyl (C=O) groups is 2. The quantitative estimate of drug-likeness (QED) is 0.657. The topological polar surface area (TPSA) is 49.4 Å². The Morgan fingerprint density at radius 2 is 1.80 bits per heavy atom. The molecule has 30 heavy (non-hydrogen) atoms. The largest absolute Gasteiger partial charge is 0.359 e. The second-order valence-corrected chi connectivity index (χ2v) is 8.81. The SMILES string of the molecule is CNC(=O)C1(Cc2ccccc2-c2cccs2)CCCN(C(=O)c2ccccc2)C1. The Labute approximate surface area is 181 Å². The maximum atomic E-state index is 13.1. The molecule has 2 amide bonds. The summed E-state index contributed by atoms with van der Waals surface area (Å²) in [5.41, 5.74) is 2.36. The predicted octanol–water partition coefficient (Wildman–Crippen LogP) is 4.63. The Balaban J connectivity index is 1.66. The Morgan fingerprint density at radius 1 is 1.03 bits per heavy atom. The zero-order chi connectivity index (χ0) is 21.0. The van der Waals surface area contributed by atoms with E-state index in [1.807, 2.05) is 53.4 Å². The number of hydrogen-bond donors (Lipinski definition) is 1. The van der Waals surface area contributed by atoms with Crippen LogP contribution in [-0.2, 0) is 11.2 Å². The Hall–Kier alpha value is -2.92. The summed E-state index contributed by atoms with van der Waals surface area (Å²) in [4.78, 5) is 29.3. The van der Waals surface area contributed by atoms with Crippen LogP contribution >= 0.6 is 11.3 Å². The number of nitrogens with one attached hydrogen (secondary N) is 1. The van der Waals surface area contributed by atoms with Crippen LogP contribution in [0.25, 0.3) is 10.4 Å². The fourth-order valence-corrected chi connectivity index (χ4v) is 5.24. The molecule has 0 radical (unpaired) electrons. The monoisotopic (exact) mass is 418 g/mol. The van der Waals surface area contributed by atoms with Crippen LogP contribution in [0.2, 0.25) is 0 Å². The van der Waals surface area contributed by atoms with E-state index in [9.17, 15) is 9.59 Å². The first-order valence-electron chi connectivity index (χ1n) is 10.3. The van der Waals surface area contributed by atoms with Gasteiger partial charge in [-0.3, -0.25) is 9.59 Å². The molecule has 1 aliphatic heterocycles. The maximum absolute atomic E-state index is 13.1. The summed E-state index contributed by atoms with van der Waals surface area (Å²) in [5, 5.41) is 4.95. The van der Waals surface area contributed by atoms with E-state index in [1.165, 1.54) is 10.4 Å². The van der Waals surface area contributed by atoms with Crippen LogP contribution in [0.5, 0.6) is 0 Å². The third-order valence-corrected chi connectivity index (χ3v) is 6.83. The summed E-state index contributed by atoms with van der Waals surface area (Å²) in [7, 11) is 1.69. The van der Waals surface area contributed by atoms with Crippen molar-refractivity contribution in [1.29, 1.82) is 0 Å². The fourth-order valence-electron chi connectivity index (χ4n) is 4.45. The third kappa shape index (κ3) is 4.03. The molecule has 154 valence electrons. The molecule has 2 aromatic carbocycles. The molecule has 0 spiro atoms. The van der Waals surface area contributed by atoms with Crippen molar-refractivity contribution < 1.29 is 9.59 Å². The summed E-state index contributed by atoms with van der Waals surface area (Å²) < 4.78 is 0. The molecule has 1 atom stereocenters. The first kappa shape index (κ1) is 20.4. The normalized spacial score (nSPS) is 18.8. The molecule has 1 fully saturated rings. The minimum atomic E-state index is -0.634. The highest BCUT2D eigenvalue weighted by atomic mass is 32.1. The number of hydrogen-bond acceptors (Lipinski definition) is 3. The van der Waals surface area contributed by atoms with Gasteiger partial charge >= 0.3 is 0 Å². The van der Waals surface area contributed by atoms with Gasteiger partial charge in [0.05, 0.1) is 5.41 Å². The molecular formula is C25H26N2O2S. The number of piperidine rings is 1. The van der Waals surface area contributed by atoms with Crippen molar-refractivity contribution in [3.05, 3.63) is 83.2 Å². The molecular weight excluding hydrogens is 392 g/mol. The van der Waals surface area contributed by atoms with Gasteiger partial charge in [0.2, 0.25) is 5.91 Å². The van der Waals surface area contributed by atoms with Gasteiger partial charge in [0.25, 0.3) is 5.91 Å². The molecule has 1 N–H and O–H groups in total. The lowest BCUT2D eigenvalue weighted by molar-refractivity contribution is -0.133. The van der Waals surface area contributed by atoms with Gasteiger partial charge < -0.3 is 10.2 Å². The van der Waals surface area contributed by atoms with Crippen LogP contribution in [0.1, 0.15) is 28.8 Å². The molecule has 0 aliphatic carbocycles. The van der Waals surface area contributed by atoms with E-state index in [1.54, 1.807) is 18.4 Å². The standard InChI is InChI=1S/C25H26N2O2S/c1-26-24(29)25(17-20-11-5-6-12-21(20)22-13-7-16-30-22)14-8-15-27(18-25)23(28)19-9-3-2-4-10-19/h2-7,9-13,16H,8,14-15,17-18H2,1H3,(H,26,29). The van der Waals surface area contributed by atoms with Gasteiger partial charge in [0, 0.05) is 30.6 Å². The number of rotatable bonds is 5. The van der Waals surface area contributed by atoms with E-state index in [0.29, 0.717) is 25.1 Å². The van der Waals surface area contributed by atoms with Gasteiger partial charge in [0.15, 0.2) is 0 Å². The summed E-state index contributed by atoms with van der Waals surface area (Å²) >= 11 is 1.70. The van der Waals surface area contributed by atoms with Gasteiger partial charge in [0.1, 0.15) is 0 Å². The molecule has 4 nitrogen and oxygen atoms in total. The minimum Gasteiger partial charge on any atom is -0.359 e. The van der Waals surface area contributed by atoms with Crippen LogP contribution in [0.15, 0.2) is 72.1 Å². The van der Waals surface area contributed by atoms with Crippen LogP contribution in [0.3, 0.4) is 0 Å². The summed E-state index contributed by atoms with van der Waals surface area (Å²) in [6.45, 7) is 1.11. The zero-order valence-electron chi connectivity index (χ0n) is 17.1. The van der Waals surface area contributed by atoms with Crippen LogP contribution in [0, 0.1) is 5.41 Å². The predicted molar refractivity (Wildman–Crippen MR) is 122 cm³/mol. The van der Waals surface area contributed by atoms with Gasteiger partial charge in [-0.05, 0) is 54.0 Å². The van der Waals surface area contributed by atoms with Gasteiger partial charge in [-0.1, -0.05) is 48.5 Å². The van der Waals surface area contributed by atoms with E-state index in [4.69, 9.17) is 0 Å². The number of benzene rings is 2. The highest BCUT2D eigenvalue weighted by molar-refractivity contribution is 7.13. The molecule has 2 heterocycles. The molecule has 4 rings (SSSR count). The summed E-state index contributed by atoms with van der Waals surface area (Å²) in [5.74, 6) is 0.00386. The zero-order valence-corrected chi connectivity index (χ0v) is 18.0. The van der Waals surface area contributed by atoms with Crippen molar-refractivity contribution in [2.24, 2.45) is 5.41 Å². The van der Waals surface area contributed by atoms with Crippen molar-refractivity contribution in [3.8, 4) is 10.4 Å². The highest BCUT2D eigenvalue weighted by Crippen LogP contribution is 2.38. The van der Waals surface area contributed by atoms with E-state index < -0.39 is 5.41 Å². The average Bonchev–Trinajstić information content (AvgIpc) is 3.34. The molecule has 1 aromatic heterocycles. The van der Waals surface area contributed by atoms with Crippen molar-refractivity contribution in [1.82, 2.24) is 10.2 Å². The number of carbonyl (C=O) groups excluding carboxylic acids is 2. The average molecular weight is 419 g/mol. The van der Waals surface area contributed by atoms with Crippen LogP contribution < -0.4 is 5.32 Å². The van der Waals surface area contributed by atoms with E-state index in [0.717, 1.165) is 18.4 Å². The van der Waals surface area contributed by atoms with Crippen molar-refractivity contribution in [2.75, 3.05) is 20.1 Å². The van der Waals surface area contributed by atoms with Crippen molar-refractivity contribution in [2.45, 2.75) is 19.3 Å². The summed E-state index contributed by atoms with van der Waals surface area (Å²) in [6, 6.07) is 21.8. The van der Waals surface area contributed by atoms with Crippen molar-refractivity contribution >= 4 is 23.2 Å². The van der Waals surface area contributed by atoms with Crippen LogP contribution in [-0.4, -0.2) is 36.9 Å². The third-order valence-electron chi connectivity index (χ3n) is 5.93. The number of nitrogens with zero attached hydrogens (tertiary/aromatic N) is 1. The first-order chi connectivity index (χ1) is 14.6. The van der Waals surface area contributed by atoms with Gasteiger partial charge in [-0.25, -0.2) is 0 Å². The fraction of sp³-hybridized carbons (Fsp3) is 0.280. The first-order valence-corrected chi connectivity index (χ1v) is 11.2. The lowest BCUT2D eigenvalue weighted by atomic mass is 9.73. The molecule has 1 aliphatic rings. The second-order valence-electron chi connectivity index (χ2n) is 7.87. The van der Waals surface area contributed by atoms with Gasteiger partial charge in [-0.15, -0.1) is 11.3 Å². The molecule has 1 saturated heterocycles. The minimum absolute atomic E-state index is 0.00452. The van der Waals surface area contributed by atoms with E-state index in [2.05, 4.69) is 28.9 Å². The Bertz CT molecular complexity index is 1020. The molecule has 3 aromatic rings. The smallest absolute Gasteiger partial charge is 0.253 e. The van der Waals surface area contributed by atoms with E-state index >= 15 is 0 Å². The van der Waals surface area contributed by atoms with Gasteiger partial charge in [-0.2, -0.15) is 0 Å². The maximum Gasteiger partial charge on any atom is 0.253 e. The Morgan fingerprint density at radius 3 is 2.53 bits per heavy atom. The highest BCUT2D eigenvalue weighted by Gasteiger charge is 2.43. The molecule has 1 unspecified atom stereocenters. The summed E-state index contributed by atoms with van der Waals surface area (Å²) in [6.07, 6.45) is 2.19. The lowest BCUT2D eigenvalue weighted by Gasteiger charge is -2.42. The molecule has 0 saturated carbocycles. The van der Waals surface area contributed by atoms with E-state index in [-0.39, 0.29) is 11.8 Å². The lowest BCUT2D eigenvalue weighted by Crippen LogP contribution is -2.54. The van der Waals surface area contributed by atoms with Crippen molar-refractivity contribution in [3.63, 3.8) is 0 Å². The number of thiophene rings is 1. The molecule has 5 heteroatoms.